The molecule has 1 aliphatic rings. The maximum Gasteiger partial charge on any atom is 0.229 e. The van der Waals surface area contributed by atoms with Crippen LogP contribution in [0.4, 0.5) is 15.8 Å². The number of anilines is 2. The molecule has 0 saturated carbocycles. The summed E-state index contributed by atoms with van der Waals surface area (Å²) in [7, 11) is 0. The first-order valence-electron chi connectivity index (χ1n) is 7.58. The molecule has 1 amide bonds. The van der Waals surface area contributed by atoms with E-state index in [4.69, 9.17) is 5.73 Å². The lowest BCUT2D eigenvalue weighted by atomic mass is 9.95. The summed E-state index contributed by atoms with van der Waals surface area (Å²) in [4.78, 5) is 14.2. The number of amides is 1. The normalized spacial score (nSPS) is 16.3. The predicted molar refractivity (Wildman–Crippen MR) is 83.9 cm³/mol. The van der Waals surface area contributed by atoms with Crippen LogP contribution in [0.25, 0.3) is 0 Å². The van der Waals surface area contributed by atoms with Crippen molar-refractivity contribution >= 4 is 17.3 Å². The van der Waals surface area contributed by atoms with Gasteiger partial charge in [0, 0.05) is 25.3 Å². The van der Waals surface area contributed by atoms with Crippen LogP contribution in [-0.4, -0.2) is 25.5 Å². The third-order valence-electron chi connectivity index (χ3n) is 4.06. The van der Waals surface area contributed by atoms with Crippen molar-refractivity contribution in [3.63, 3.8) is 0 Å². The Hall–Kier alpha value is -1.62. The van der Waals surface area contributed by atoms with E-state index in [1.54, 1.807) is 12.1 Å². The van der Waals surface area contributed by atoms with Crippen molar-refractivity contribution in [2.24, 2.45) is 17.6 Å². The molecule has 0 spiro atoms. The van der Waals surface area contributed by atoms with Gasteiger partial charge in [0.2, 0.25) is 5.91 Å². The number of rotatable bonds is 5. The number of benzene rings is 1. The van der Waals surface area contributed by atoms with Crippen molar-refractivity contribution < 1.29 is 9.18 Å². The fourth-order valence-electron chi connectivity index (χ4n) is 2.72. The van der Waals surface area contributed by atoms with Crippen molar-refractivity contribution in [2.75, 3.05) is 29.9 Å². The van der Waals surface area contributed by atoms with Crippen LogP contribution in [0.3, 0.4) is 0 Å². The molecule has 3 N–H and O–H groups in total. The first-order chi connectivity index (χ1) is 10.0. The number of nitrogens with zero attached hydrogens (tertiary/aromatic N) is 1. The van der Waals surface area contributed by atoms with Gasteiger partial charge in [-0.2, -0.15) is 0 Å². The fraction of sp³-hybridized carbons (Fsp3) is 0.562. The molecule has 2 rings (SSSR count). The number of nitrogens with one attached hydrogen (secondary N) is 1. The first-order valence-corrected chi connectivity index (χ1v) is 7.58. The molecule has 1 aromatic rings. The summed E-state index contributed by atoms with van der Waals surface area (Å²) in [6, 6.07) is 4.88. The van der Waals surface area contributed by atoms with Gasteiger partial charge in [-0.15, -0.1) is 0 Å². The molecule has 21 heavy (non-hydrogen) atoms. The van der Waals surface area contributed by atoms with E-state index in [0.717, 1.165) is 25.9 Å². The number of hydrogen-bond acceptors (Lipinski definition) is 3. The smallest absolute Gasteiger partial charge is 0.229 e. The Morgan fingerprint density at radius 3 is 2.57 bits per heavy atom. The van der Waals surface area contributed by atoms with Crippen LogP contribution < -0.4 is 16.0 Å². The quantitative estimate of drug-likeness (QED) is 0.877. The molecule has 1 atom stereocenters. The second-order valence-corrected chi connectivity index (χ2v) is 5.94. The molecule has 5 heteroatoms. The third kappa shape index (κ3) is 3.73. The average Bonchev–Trinajstić information content (AvgIpc) is 2.92. The maximum absolute atomic E-state index is 14.2. The molecule has 0 radical (unpaired) electrons. The molecular formula is C16H24FN3O. The highest BCUT2D eigenvalue weighted by Crippen LogP contribution is 2.26. The van der Waals surface area contributed by atoms with Crippen LogP contribution in [0.5, 0.6) is 0 Å². The average molecular weight is 293 g/mol. The molecule has 0 aliphatic carbocycles. The van der Waals surface area contributed by atoms with Gasteiger partial charge in [0.15, 0.2) is 0 Å². The maximum atomic E-state index is 14.2. The standard InChI is InChI=1S/C16H24FN3O/c1-11(2)13(10-18)16(21)19-12-5-6-15(14(17)9-12)20-7-3-4-8-20/h5-6,9,11,13H,3-4,7-8,10,18H2,1-2H3,(H,19,21). The van der Waals surface area contributed by atoms with Gasteiger partial charge in [-0.05, 0) is 37.0 Å². The Balaban J connectivity index is 2.07. The van der Waals surface area contributed by atoms with Gasteiger partial charge in [0.1, 0.15) is 5.82 Å². The monoisotopic (exact) mass is 293 g/mol. The molecule has 4 nitrogen and oxygen atoms in total. The Bertz CT molecular complexity index is 498. The van der Waals surface area contributed by atoms with Crippen LogP contribution in [0.15, 0.2) is 18.2 Å². The van der Waals surface area contributed by atoms with Gasteiger partial charge in [-0.25, -0.2) is 4.39 Å². The van der Waals surface area contributed by atoms with E-state index in [9.17, 15) is 9.18 Å². The number of nitrogens with two attached hydrogens (primary N) is 1. The minimum atomic E-state index is -0.288. The number of carbonyl (C=O) groups is 1. The second kappa shape index (κ2) is 6.89. The van der Waals surface area contributed by atoms with Crippen molar-refractivity contribution in [1.29, 1.82) is 0 Å². The largest absolute Gasteiger partial charge is 0.369 e. The lowest BCUT2D eigenvalue weighted by molar-refractivity contribution is -0.120. The van der Waals surface area contributed by atoms with E-state index < -0.39 is 0 Å². The summed E-state index contributed by atoms with van der Waals surface area (Å²) in [6.07, 6.45) is 2.20. The number of carbonyl (C=O) groups excluding carboxylic acids is 1. The molecule has 0 aromatic heterocycles. The Kier molecular flexibility index (Phi) is 5.17. The molecule has 1 heterocycles. The molecular weight excluding hydrogens is 269 g/mol. The Labute approximate surface area is 125 Å². The van der Waals surface area contributed by atoms with Gasteiger partial charge in [-0.3, -0.25) is 4.79 Å². The lowest BCUT2D eigenvalue weighted by Crippen LogP contribution is -2.33. The summed E-state index contributed by atoms with van der Waals surface area (Å²) in [6.45, 7) is 5.98. The zero-order valence-electron chi connectivity index (χ0n) is 12.7. The van der Waals surface area contributed by atoms with Crippen LogP contribution in [0.2, 0.25) is 0 Å². The minimum Gasteiger partial charge on any atom is -0.369 e. The molecule has 1 unspecified atom stereocenters. The molecule has 0 bridgehead atoms. The number of hydrogen-bond donors (Lipinski definition) is 2. The number of halogens is 1. The Morgan fingerprint density at radius 2 is 2.05 bits per heavy atom. The summed E-state index contributed by atoms with van der Waals surface area (Å²) >= 11 is 0. The van der Waals surface area contributed by atoms with E-state index in [2.05, 4.69) is 5.32 Å². The van der Waals surface area contributed by atoms with E-state index >= 15 is 0 Å². The minimum absolute atomic E-state index is 0.152. The van der Waals surface area contributed by atoms with Gasteiger partial charge >= 0.3 is 0 Å². The summed E-state index contributed by atoms with van der Waals surface area (Å²) in [5, 5.41) is 2.76. The lowest BCUT2D eigenvalue weighted by Gasteiger charge is -2.20. The SMILES string of the molecule is CC(C)C(CN)C(=O)Nc1ccc(N2CCCC2)c(F)c1. The molecule has 116 valence electrons. The van der Waals surface area contributed by atoms with Crippen molar-refractivity contribution in [3.05, 3.63) is 24.0 Å². The molecule has 1 fully saturated rings. The predicted octanol–water partition coefficient (Wildman–Crippen LogP) is 2.60. The van der Waals surface area contributed by atoms with Crippen molar-refractivity contribution in [3.8, 4) is 0 Å². The third-order valence-corrected chi connectivity index (χ3v) is 4.06. The highest BCUT2D eigenvalue weighted by molar-refractivity contribution is 5.93. The van der Waals surface area contributed by atoms with Gasteiger partial charge in [-0.1, -0.05) is 13.8 Å². The van der Waals surface area contributed by atoms with Gasteiger partial charge in [0.05, 0.1) is 11.6 Å². The van der Waals surface area contributed by atoms with Crippen molar-refractivity contribution in [2.45, 2.75) is 26.7 Å². The van der Waals surface area contributed by atoms with Crippen molar-refractivity contribution in [1.82, 2.24) is 0 Å². The van der Waals surface area contributed by atoms with Crippen LogP contribution in [0.1, 0.15) is 26.7 Å². The highest BCUT2D eigenvalue weighted by atomic mass is 19.1. The van der Waals surface area contributed by atoms with E-state index in [-0.39, 0.29) is 30.1 Å². The molecule has 1 saturated heterocycles. The zero-order valence-corrected chi connectivity index (χ0v) is 12.7. The second-order valence-electron chi connectivity index (χ2n) is 5.94. The summed E-state index contributed by atoms with van der Waals surface area (Å²) < 4.78 is 14.2. The zero-order chi connectivity index (χ0) is 15.4. The molecule has 1 aliphatic heterocycles. The first kappa shape index (κ1) is 15.8. The summed E-state index contributed by atoms with van der Waals surface area (Å²) in [5.74, 6) is -0.542. The fourth-order valence-corrected chi connectivity index (χ4v) is 2.72. The van der Waals surface area contributed by atoms with Gasteiger partial charge < -0.3 is 16.0 Å². The van der Waals surface area contributed by atoms with Crippen LogP contribution >= 0.6 is 0 Å². The van der Waals surface area contributed by atoms with Crippen LogP contribution in [-0.2, 0) is 4.79 Å². The highest BCUT2D eigenvalue weighted by Gasteiger charge is 2.21. The topological polar surface area (TPSA) is 58.4 Å². The van der Waals surface area contributed by atoms with E-state index in [0.29, 0.717) is 11.4 Å². The molecule has 1 aromatic carbocycles. The Morgan fingerprint density at radius 1 is 1.38 bits per heavy atom. The summed E-state index contributed by atoms with van der Waals surface area (Å²) in [5.41, 5.74) is 6.72. The van der Waals surface area contributed by atoms with E-state index in [1.807, 2.05) is 18.7 Å². The van der Waals surface area contributed by atoms with Gasteiger partial charge in [0.25, 0.3) is 0 Å². The van der Waals surface area contributed by atoms with E-state index in [1.165, 1.54) is 6.07 Å². The van der Waals surface area contributed by atoms with Crippen LogP contribution in [0, 0.1) is 17.7 Å².